The topological polar surface area (TPSA) is 32.3 Å². The molecule has 0 rings (SSSR count). The Labute approximate surface area is 95.0 Å². The first kappa shape index (κ1) is 14.9. The molecule has 0 saturated heterocycles. The lowest BCUT2D eigenvalue weighted by atomic mass is 10.1. The van der Waals surface area contributed by atoms with Crippen molar-refractivity contribution in [2.24, 2.45) is 0 Å². The Kier molecular flexibility index (Phi) is 13.8. The van der Waals surface area contributed by atoms with Crippen LogP contribution in [0.2, 0.25) is 0 Å². The zero-order valence-corrected chi connectivity index (χ0v) is 10.3. The first-order valence-corrected chi connectivity index (χ1v) is 6.66. The van der Waals surface area contributed by atoms with Gasteiger partial charge in [0.2, 0.25) is 0 Å². The first-order valence-electron chi connectivity index (χ1n) is 6.66. The normalized spacial score (nSPS) is 10.8. The standard InChI is InChI=1S/C13H28O2/c1-2-3-4-5-6-7-8-9-10-11-12-13-15-14/h14H,2-13H2,1H3/p-1. The molecular weight excluding hydrogens is 188 g/mol. The Hall–Kier alpha value is -0.0800. The van der Waals surface area contributed by atoms with E-state index in [1.807, 2.05) is 0 Å². The van der Waals surface area contributed by atoms with Gasteiger partial charge in [0.15, 0.2) is 0 Å². The lowest BCUT2D eigenvalue weighted by molar-refractivity contribution is -0.689. The van der Waals surface area contributed by atoms with E-state index < -0.39 is 0 Å². The van der Waals surface area contributed by atoms with Crippen molar-refractivity contribution in [2.75, 3.05) is 6.61 Å². The SMILES string of the molecule is CCCCCCCCCCCCCO[O-]. The summed E-state index contributed by atoms with van der Waals surface area (Å²) in [4.78, 5) is 3.77. The van der Waals surface area contributed by atoms with E-state index in [9.17, 15) is 5.26 Å². The summed E-state index contributed by atoms with van der Waals surface area (Å²) >= 11 is 0. The second kappa shape index (κ2) is 13.9. The monoisotopic (exact) mass is 215 g/mol. The van der Waals surface area contributed by atoms with Crippen LogP contribution in [-0.4, -0.2) is 6.61 Å². The van der Waals surface area contributed by atoms with Crippen molar-refractivity contribution in [1.82, 2.24) is 0 Å². The molecule has 0 aromatic carbocycles. The molecule has 15 heavy (non-hydrogen) atoms. The second-order valence-corrected chi connectivity index (χ2v) is 4.36. The highest BCUT2D eigenvalue weighted by atomic mass is 17.1. The fraction of sp³-hybridized carbons (Fsp3) is 1.00. The maximum Gasteiger partial charge on any atom is 0.0341 e. The number of unbranched alkanes of at least 4 members (excludes halogenated alkanes) is 10. The van der Waals surface area contributed by atoms with Crippen molar-refractivity contribution < 1.29 is 10.1 Å². The molecule has 0 N–H and O–H groups in total. The molecule has 0 aromatic heterocycles. The van der Waals surface area contributed by atoms with E-state index in [0.29, 0.717) is 6.61 Å². The Balaban J connectivity index is 2.81. The Morgan fingerprint density at radius 2 is 1.07 bits per heavy atom. The number of hydrogen-bond acceptors (Lipinski definition) is 2. The van der Waals surface area contributed by atoms with E-state index in [0.717, 1.165) is 12.8 Å². The fourth-order valence-electron chi connectivity index (χ4n) is 1.83. The van der Waals surface area contributed by atoms with Crippen LogP contribution < -0.4 is 5.26 Å². The highest BCUT2D eigenvalue weighted by molar-refractivity contribution is 4.47. The molecule has 0 fully saturated rings. The third-order valence-electron chi connectivity index (χ3n) is 2.83. The molecule has 0 saturated carbocycles. The molecule has 0 bridgehead atoms. The van der Waals surface area contributed by atoms with Gasteiger partial charge in [0.05, 0.1) is 0 Å². The summed E-state index contributed by atoms with van der Waals surface area (Å²) in [5.74, 6) is 0. The van der Waals surface area contributed by atoms with E-state index in [2.05, 4.69) is 11.8 Å². The van der Waals surface area contributed by atoms with Crippen LogP contribution in [0, 0.1) is 0 Å². The molecule has 2 heteroatoms. The van der Waals surface area contributed by atoms with Crippen molar-refractivity contribution in [3.05, 3.63) is 0 Å². The van der Waals surface area contributed by atoms with Gasteiger partial charge in [0.1, 0.15) is 0 Å². The van der Waals surface area contributed by atoms with Gasteiger partial charge < -0.3 is 10.1 Å². The molecule has 92 valence electrons. The van der Waals surface area contributed by atoms with Crippen LogP contribution >= 0.6 is 0 Å². The van der Waals surface area contributed by atoms with Gasteiger partial charge in [0, 0.05) is 6.61 Å². The maximum atomic E-state index is 9.69. The predicted molar refractivity (Wildman–Crippen MR) is 62.4 cm³/mol. The molecule has 0 aliphatic carbocycles. The van der Waals surface area contributed by atoms with Gasteiger partial charge in [-0.05, 0) is 6.42 Å². The van der Waals surface area contributed by atoms with E-state index in [1.165, 1.54) is 57.8 Å². The van der Waals surface area contributed by atoms with Crippen LogP contribution in [0.25, 0.3) is 0 Å². The average Bonchev–Trinajstić information content (AvgIpc) is 2.26. The number of rotatable bonds is 12. The van der Waals surface area contributed by atoms with Crippen molar-refractivity contribution in [3.8, 4) is 0 Å². The van der Waals surface area contributed by atoms with Crippen LogP contribution in [0.3, 0.4) is 0 Å². The summed E-state index contributed by atoms with van der Waals surface area (Å²) in [7, 11) is 0. The largest absolute Gasteiger partial charge is 0.723 e. The van der Waals surface area contributed by atoms with Gasteiger partial charge in [-0.3, -0.25) is 0 Å². The minimum atomic E-state index is 0.386. The van der Waals surface area contributed by atoms with Crippen LogP contribution in [0.4, 0.5) is 0 Å². The lowest BCUT2D eigenvalue weighted by Crippen LogP contribution is -2.05. The third-order valence-corrected chi connectivity index (χ3v) is 2.83. The zero-order chi connectivity index (χ0) is 11.2. The minimum absolute atomic E-state index is 0.386. The molecule has 0 heterocycles. The van der Waals surface area contributed by atoms with Crippen molar-refractivity contribution in [1.29, 1.82) is 0 Å². The number of hydrogen-bond donors (Lipinski definition) is 0. The van der Waals surface area contributed by atoms with E-state index in [1.54, 1.807) is 0 Å². The molecule has 0 radical (unpaired) electrons. The summed E-state index contributed by atoms with van der Waals surface area (Å²) in [5, 5.41) is 9.69. The van der Waals surface area contributed by atoms with Gasteiger partial charge in [0.25, 0.3) is 0 Å². The predicted octanol–water partition coefficient (Wildman–Crippen LogP) is 3.59. The molecular formula is C13H27O2-. The average molecular weight is 215 g/mol. The van der Waals surface area contributed by atoms with E-state index in [-0.39, 0.29) is 0 Å². The van der Waals surface area contributed by atoms with Gasteiger partial charge in [-0.25, -0.2) is 0 Å². The minimum Gasteiger partial charge on any atom is -0.723 e. The first-order chi connectivity index (χ1) is 7.41. The van der Waals surface area contributed by atoms with Crippen LogP contribution in [-0.2, 0) is 4.89 Å². The lowest BCUT2D eigenvalue weighted by Gasteiger charge is -2.05. The smallest absolute Gasteiger partial charge is 0.0341 e. The van der Waals surface area contributed by atoms with E-state index >= 15 is 0 Å². The van der Waals surface area contributed by atoms with Crippen LogP contribution in [0.1, 0.15) is 77.6 Å². The molecule has 0 amide bonds. The van der Waals surface area contributed by atoms with Crippen LogP contribution in [0.15, 0.2) is 0 Å². The zero-order valence-electron chi connectivity index (χ0n) is 10.3. The molecule has 0 spiro atoms. The highest BCUT2D eigenvalue weighted by Crippen LogP contribution is 2.10. The van der Waals surface area contributed by atoms with Gasteiger partial charge in [-0.1, -0.05) is 71.1 Å². The molecule has 0 aromatic rings. The second-order valence-electron chi connectivity index (χ2n) is 4.36. The summed E-state index contributed by atoms with van der Waals surface area (Å²) in [6.45, 7) is 2.64. The molecule has 2 nitrogen and oxygen atoms in total. The Morgan fingerprint density at radius 3 is 1.47 bits per heavy atom. The van der Waals surface area contributed by atoms with Crippen LogP contribution in [0.5, 0.6) is 0 Å². The maximum absolute atomic E-state index is 9.69. The van der Waals surface area contributed by atoms with Crippen molar-refractivity contribution in [2.45, 2.75) is 77.6 Å². The highest BCUT2D eigenvalue weighted by Gasteiger charge is 1.92. The summed E-state index contributed by atoms with van der Waals surface area (Å²) in [6, 6.07) is 0. The van der Waals surface area contributed by atoms with Gasteiger partial charge in [-0.2, -0.15) is 0 Å². The summed E-state index contributed by atoms with van der Waals surface area (Å²) in [6.07, 6.45) is 14.4. The van der Waals surface area contributed by atoms with Gasteiger partial charge in [-0.15, -0.1) is 0 Å². The summed E-state index contributed by atoms with van der Waals surface area (Å²) < 4.78 is 0. The molecule has 0 aliphatic rings. The Bertz CT molecular complexity index is 92.7. The quantitative estimate of drug-likeness (QED) is 0.283. The fourth-order valence-corrected chi connectivity index (χ4v) is 1.83. The van der Waals surface area contributed by atoms with Crippen molar-refractivity contribution in [3.63, 3.8) is 0 Å². The van der Waals surface area contributed by atoms with Crippen molar-refractivity contribution >= 4 is 0 Å². The molecule has 0 aliphatic heterocycles. The third kappa shape index (κ3) is 13.9. The Morgan fingerprint density at radius 1 is 0.667 bits per heavy atom. The van der Waals surface area contributed by atoms with E-state index in [4.69, 9.17) is 0 Å². The molecule has 0 unspecified atom stereocenters. The summed E-state index contributed by atoms with van der Waals surface area (Å²) in [5.41, 5.74) is 0. The van der Waals surface area contributed by atoms with Gasteiger partial charge >= 0.3 is 0 Å². The molecule has 0 atom stereocenters.